The molecule has 1 saturated heterocycles. The number of anilines is 1. The molecule has 2 aromatic rings. The van der Waals surface area contributed by atoms with Crippen molar-refractivity contribution in [2.24, 2.45) is 11.3 Å². The molecule has 2 aliphatic rings. The molecule has 2 aromatic heterocycles. The molecule has 0 spiro atoms. The lowest BCUT2D eigenvalue weighted by molar-refractivity contribution is -0.250. The number of aliphatic hydroxyl groups is 1. The van der Waals surface area contributed by atoms with Gasteiger partial charge < -0.3 is 20.5 Å². The van der Waals surface area contributed by atoms with Crippen LogP contribution in [0.15, 0.2) is 30.5 Å². The highest BCUT2D eigenvalue weighted by atomic mass is 35.5. The molecule has 1 aliphatic carbocycles. The van der Waals surface area contributed by atoms with Crippen LogP contribution in [0, 0.1) is 22.7 Å². The molecule has 11 heteroatoms. The largest absolute Gasteiger partial charge is 0.418 e. The third-order valence-electron chi connectivity index (χ3n) is 7.92. The zero-order valence-electron chi connectivity index (χ0n) is 22.0. The Morgan fingerprint density at radius 2 is 1.92 bits per heavy atom. The van der Waals surface area contributed by atoms with E-state index < -0.39 is 23.7 Å². The van der Waals surface area contributed by atoms with E-state index in [0.29, 0.717) is 55.1 Å². The van der Waals surface area contributed by atoms with Crippen LogP contribution in [0.4, 0.5) is 19.0 Å². The van der Waals surface area contributed by atoms with E-state index in [4.69, 9.17) is 21.3 Å². The zero-order chi connectivity index (χ0) is 28.1. The molecule has 212 valence electrons. The third kappa shape index (κ3) is 7.60. The number of rotatable bonds is 9. The minimum atomic E-state index is -4.66. The van der Waals surface area contributed by atoms with Gasteiger partial charge in [0.25, 0.3) is 0 Å². The van der Waals surface area contributed by atoms with Gasteiger partial charge in [0.2, 0.25) is 0 Å². The maximum absolute atomic E-state index is 12.9. The molecule has 0 amide bonds. The first-order valence-corrected chi connectivity index (χ1v) is 13.8. The fourth-order valence-corrected chi connectivity index (χ4v) is 5.33. The van der Waals surface area contributed by atoms with Gasteiger partial charge in [-0.25, -0.2) is 4.98 Å². The Hall–Kier alpha value is -2.45. The predicted octanol–water partition coefficient (Wildman–Crippen LogP) is 5.53. The van der Waals surface area contributed by atoms with E-state index in [9.17, 15) is 23.5 Å². The summed E-state index contributed by atoms with van der Waals surface area (Å²) < 4.78 is 44.1. The SMILES string of the molecule is C[C@@](O)(CNC1CCC(Cc2cc(-c3cccc(NCC4(C#N)CCOCC4)n3)c(Cl)cn2)CC1)C(F)(F)F. The first-order chi connectivity index (χ1) is 18.5. The molecule has 1 saturated carbocycles. The lowest BCUT2D eigenvalue weighted by Gasteiger charge is -2.33. The van der Waals surface area contributed by atoms with Crippen molar-refractivity contribution in [3.63, 3.8) is 0 Å². The number of hydrogen-bond acceptors (Lipinski definition) is 7. The van der Waals surface area contributed by atoms with E-state index in [0.717, 1.165) is 50.3 Å². The second-order valence-electron chi connectivity index (χ2n) is 11.0. The van der Waals surface area contributed by atoms with E-state index >= 15 is 0 Å². The standard InChI is InChI=1S/C28H35ClF3N5O2/c1-26(38,28(30,31)32)17-35-20-7-5-19(6-8-20)13-21-14-22(23(29)15-34-21)24-3-2-4-25(37-24)36-18-27(16-33)9-11-39-12-10-27/h2-4,14-15,19-20,35,38H,5-13,17-18H2,1H3,(H,36,37)/t19?,20?,26-/m1/s1. The summed E-state index contributed by atoms with van der Waals surface area (Å²) in [5.74, 6) is 1.02. The highest BCUT2D eigenvalue weighted by Crippen LogP contribution is 2.34. The third-order valence-corrected chi connectivity index (χ3v) is 8.22. The lowest BCUT2D eigenvalue weighted by atomic mass is 9.82. The van der Waals surface area contributed by atoms with E-state index in [2.05, 4.69) is 21.7 Å². The molecule has 0 radical (unpaired) electrons. The van der Waals surface area contributed by atoms with Crippen LogP contribution in [0.1, 0.15) is 51.1 Å². The molecule has 0 aromatic carbocycles. The van der Waals surface area contributed by atoms with Gasteiger partial charge in [0, 0.05) is 49.8 Å². The number of halogens is 4. The minimum absolute atomic E-state index is 0.0513. The topological polar surface area (TPSA) is 103 Å². The van der Waals surface area contributed by atoms with Crippen LogP contribution >= 0.6 is 11.6 Å². The summed E-state index contributed by atoms with van der Waals surface area (Å²) in [6, 6.07) is 10.0. The van der Waals surface area contributed by atoms with Crippen LogP contribution in [0.3, 0.4) is 0 Å². The number of hydrogen-bond donors (Lipinski definition) is 3. The van der Waals surface area contributed by atoms with E-state index in [1.54, 1.807) is 6.20 Å². The average molecular weight is 566 g/mol. The summed E-state index contributed by atoms with van der Waals surface area (Å²) >= 11 is 6.50. The summed E-state index contributed by atoms with van der Waals surface area (Å²) in [6.45, 7) is 1.93. The summed E-state index contributed by atoms with van der Waals surface area (Å²) in [5, 5.41) is 26.1. The highest BCUT2D eigenvalue weighted by Gasteiger charge is 2.49. The number of nitriles is 1. The van der Waals surface area contributed by atoms with Crippen LogP contribution in [-0.2, 0) is 11.2 Å². The molecule has 3 N–H and O–H groups in total. The number of aromatic nitrogens is 2. The molecule has 4 rings (SSSR count). The van der Waals surface area contributed by atoms with Crippen molar-refractivity contribution in [2.45, 2.75) is 69.7 Å². The van der Waals surface area contributed by atoms with Gasteiger partial charge in [-0.05, 0) is 76.0 Å². The first-order valence-electron chi connectivity index (χ1n) is 13.4. The summed E-state index contributed by atoms with van der Waals surface area (Å²) in [6.07, 6.45) is 2.27. The molecular formula is C28H35ClF3N5O2. The van der Waals surface area contributed by atoms with E-state index in [1.807, 2.05) is 24.3 Å². The van der Waals surface area contributed by atoms with Crippen LogP contribution < -0.4 is 10.6 Å². The zero-order valence-corrected chi connectivity index (χ0v) is 22.8. The van der Waals surface area contributed by atoms with Gasteiger partial charge in [-0.2, -0.15) is 18.4 Å². The number of ether oxygens (including phenoxy) is 1. The van der Waals surface area contributed by atoms with Gasteiger partial charge in [-0.15, -0.1) is 0 Å². The molecule has 1 aliphatic heterocycles. The summed E-state index contributed by atoms with van der Waals surface area (Å²) in [7, 11) is 0. The van der Waals surface area contributed by atoms with Crippen LogP contribution in [-0.4, -0.2) is 59.2 Å². The predicted molar refractivity (Wildman–Crippen MR) is 143 cm³/mol. The van der Waals surface area contributed by atoms with Gasteiger partial charge in [0.15, 0.2) is 5.60 Å². The van der Waals surface area contributed by atoms with Gasteiger partial charge in [-0.1, -0.05) is 17.7 Å². The number of nitrogens with zero attached hydrogens (tertiary/aromatic N) is 3. The highest BCUT2D eigenvalue weighted by molar-refractivity contribution is 6.33. The Labute approximate surface area is 232 Å². The minimum Gasteiger partial charge on any atom is -0.381 e. The van der Waals surface area contributed by atoms with Crippen LogP contribution in [0.5, 0.6) is 0 Å². The monoisotopic (exact) mass is 565 g/mol. The fourth-order valence-electron chi connectivity index (χ4n) is 5.13. The maximum Gasteiger partial charge on any atom is 0.418 e. The van der Waals surface area contributed by atoms with E-state index in [-0.39, 0.29) is 6.04 Å². The average Bonchev–Trinajstić information content (AvgIpc) is 2.93. The Bertz CT molecular complexity index is 1160. The molecule has 0 bridgehead atoms. The van der Waals surface area contributed by atoms with Crippen LogP contribution in [0.25, 0.3) is 11.3 Å². The number of nitrogens with one attached hydrogen (secondary N) is 2. The molecule has 3 heterocycles. The summed E-state index contributed by atoms with van der Waals surface area (Å²) in [5.41, 5.74) is -0.845. The van der Waals surface area contributed by atoms with Crippen molar-refractivity contribution in [2.75, 3.05) is 31.6 Å². The van der Waals surface area contributed by atoms with Gasteiger partial charge in [0.05, 0.1) is 22.2 Å². The number of alkyl halides is 3. The second kappa shape index (κ2) is 12.4. The van der Waals surface area contributed by atoms with E-state index in [1.165, 1.54) is 0 Å². The van der Waals surface area contributed by atoms with Crippen molar-refractivity contribution >= 4 is 17.4 Å². The maximum atomic E-state index is 12.9. The first kappa shape index (κ1) is 29.5. The Balaban J connectivity index is 1.34. The van der Waals surface area contributed by atoms with Gasteiger partial charge in [0.1, 0.15) is 5.82 Å². The normalized spacial score (nSPS) is 23.0. The smallest absolute Gasteiger partial charge is 0.381 e. The van der Waals surface area contributed by atoms with Crippen molar-refractivity contribution in [3.05, 3.63) is 41.2 Å². The van der Waals surface area contributed by atoms with Crippen molar-refractivity contribution in [1.29, 1.82) is 5.26 Å². The molecular weight excluding hydrogens is 531 g/mol. The molecule has 7 nitrogen and oxygen atoms in total. The van der Waals surface area contributed by atoms with Crippen LogP contribution in [0.2, 0.25) is 5.02 Å². The fraction of sp³-hybridized carbons (Fsp3) is 0.607. The molecule has 0 unspecified atom stereocenters. The number of pyridine rings is 2. The van der Waals surface area contributed by atoms with Crippen molar-refractivity contribution in [1.82, 2.24) is 15.3 Å². The second-order valence-corrected chi connectivity index (χ2v) is 11.4. The Kier molecular flexibility index (Phi) is 9.37. The van der Waals surface area contributed by atoms with Gasteiger partial charge >= 0.3 is 6.18 Å². The Morgan fingerprint density at radius 3 is 2.59 bits per heavy atom. The quantitative estimate of drug-likeness (QED) is 0.367. The van der Waals surface area contributed by atoms with Gasteiger partial charge in [-0.3, -0.25) is 4.98 Å². The summed E-state index contributed by atoms with van der Waals surface area (Å²) in [4.78, 5) is 9.25. The Morgan fingerprint density at radius 1 is 1.21 bits per heavy atom. The van der Waals surface area contributed by atoms with Crippen molar-refractivity contribution in [3.8, 4) is 17.3 Å². The molecule has 2 fully saturated rings. The lowest BCUT2D eigenvalue weighted by Crippen LogP contribution is -2.52. The molecule has 1 atom stereocenters. The van der Waals surface area contributed by atoms with Crippen molar-refractivity contribution < 1.29 is 23.0 Å². The molecule has 39 heavy (non-hydrogen) atoms.